The lowest BCUT2D eigenvalue weighted by molar-refractivity contribution is 1.32. The first-order valence-corrected chi connectivity index (χ1v) is 16.8. The van der Waals surface area contributed by atoms with Gasteiger partial charge in [-0.05, 0) is 64.7 Å². The maximum absolute atomic E-state index is 2.50. The lowest BCUT2D eigenvalue weighted by Gasteiger charge is -2.28. The van der Waals surface area contributed by atoms with Crippen LogP contribution in [0.2, 0.25) is 0 Å². The van der Waals surface area contributed by atoms with Crippen LogP contribution < -0.4 is 4.90 Å². The normalized spacial score (nSPS) is 11.6. The maximum Gasteiger partial charge on any atom is 0.0641 e. The zero-order valence-electron chi connectivity index (χ0n) is 24.4. The Hall–Kier alpha value is -5.22. The van der Waals surface area contributed by atoms with Gasteiger partial charge in [-0.3, -0.25) is 0 Å². The highest BCUT2D eigenvalue weighted by Gasteiger charge is 2.23. The van der Waals surface area contributed by atoms with Crippen molar-refractivity contribution in [3.8, 4) is 22.3 Å². The number of fused-ring (bicyclic) bond motifs is 6. The topological polar surface area (TPSA) is 3.24 Å². The Kier molecular flexibility index (Phi) is 6.26. The minimum Gasteiger partial charge on any atom is -0.308 e. The van der Waals surface area contributed by atoms with Crippen LogP contribution in [0.5, 0.6) is 0 Å². The predicted molar refractivity (Wildman–Crippen MR) is 198 cm³/mol. The molecule has 0 saturated heterocycles. The van der Waals surface area contributed by atoms with Gasteiger partial charge in [0.05, 0.1) is 16.1 Å². The summed E-state index contributed by atoms with van der Waals surface area (Å²) in [4.78, 5) is 2.50. The molecular weight excluding hydrogens is 583 g/mol. The van der Waals surface area contributed by atoms with Gasteiger partial charge in [0, 0.05) is 41.3 Å². The Labute approximate surface area is 269 Å². The van der Waals surface area contributed by atoms with Crippen molar-refractivity contribution < 1.29 is 0 Å². The molecule has 9 rings (SSSR count). The van der Waals surface area contributed by atoms with Gasteiger partial charge < -0.3 is 4.90 Å². The van der Waals surface area contributed by atoms with Crippen molar-refractivity contribution in [3.05, 3.63) is 164 Å². The molecule has 1 nitrogen and oxygen atoms in total. The summed E-state index contributed by atoms with van der Waals surface area (Å²) in [7, 11) is 0. The van der Waals surface area contributed by atoms with E-state index in [0.29, 0.717) is 0 Å². The molecule has 45 heavy (non-hydrogen) atoms. The third kappa shape index (κ3) is 4.35. The molecule has 0 N–H and O–H groups in total. The molecule has 0 bridgehead atoms. The zero-order chi connectivity index (χ0) is 29.7. The smallest absolute Gasteiger partial charge is 0.0641 e. The van der Waals surface area contributed by atoms with E-state index in [-0.39, 0.29) is 0 Å². The van der Waals surface area contributed by atoms with Crippen LogP contribution in [0.3, 0.4) is 0 Å². The molecule has 0 aliphatic carbocycles. The van der Waals surface area contributed by atoms with Gasteiger partial charge >= 0.3 is 0 Å². The molecule has 0 aliphatic heterocycles. The largest absolute Gasteiger partial charge is 0.308 e. The van der Waals surface area contributed by atoms with E-state index in [1.54, 1.807) is 0 Å². The second-order valence-electron chi connectivity index (χ2n) is 11.3. The van der Waals surface area contributed by atoms with Crippen LogP contribution in [0.1, 0.15) is 0 Å². The lowest BCUT2D eigenvalue weighted by Crippen LogP contribution is -2.10. The number of thiophene rings is 2. The fourth-order valence-electron chi connectivity index (χ4n) is 6.65. The summed E-state index contributed by atoms with van der Waals surface area (Å²) >= 11 is 3.75. The van der Waals surface area contributed by atoms with E-state index >= 15 is 0 Å². The standard InChI is InChI=1S/C42H27NS2/c1-3-13-28(14-4-1)30-17-11-18-31(27-30)43(35-21-12-24-39-41(35)34-20-8-9-22-37(34)44-39)36-26-25-32(29-15-5-2-6-16-29)40-33-19-7-10-23-38(33)45-42(36)40/h1-27H. The van der Waals surface area contributed by atoms with E-state index in [9.17, 15) is 0 Å². The van der Waals surface area contributed by atoms with Crippen LogP contribution in [-0.4, -0.2) is 0 Å². The monoisotopic (exact) mass is 609 g/mol. The highest BCUT2D eigenvalue weighted by atomic mass is 32.1. The Bertz CT molecular complexity index is 2490. The number of anilines is 3. The second-order valence-corrected chi connectivity index (χ2v) is 13.4. The van der Waals surface area contributed by atoms with Crippen LogP contribution in [0, 0.1) is 0 Å². The molecule has 212 valence electrons. The molecule has 9 aromatic rings. The van der Waals surface area contributed by atoms with Crippen molar-refractivity contribution >= 4 is 80.1 Å². The number of nitrogens with zero attached hydrogens (tertiary/aromatic N) is 1. The Morgan fingerprint density at radius 2 is 0.978 bits per heavy atom. The Balaban J connectivity index is 1.39. The summed E-state index contributed by atoms with van der Waals surface area (Å²) < 4.78 is 5.20. The van der Waals surface area contributed by atoms with Crippen LogP contribution in [-0.2, 0) is 0 Å². The van der Waals surface area contributed by atoms with Gasteiger partial charge in [-0.1, -0.05) is 121 Å². The predicted octanol–water partition coefficient (Wildman–Crippen LogP) is 13.2. The van der Waals surface area contributed by atoms with Crippen molar-refractivity contribution in [2.75, 3.05) is 4.90 Å². The van der Waals surface area contributed by atoms with Crippen LogP contribution in [0.4, 0.5) is 17.1 Å². The molecule has 0 amide bonds. The Morgan fingerprint density at radius 3 is 1.76 bits per heavy atom. The van der Waals surface area contributed by atoms with Crippen LogP contribution in [0.25, 0.3) is 62.6 Å². The van der Waals surface area contributed by atoms with Gasteiger partial charge in [-0.15, -0.1) is 22.7 Å². The van der Waals surface area contributed by atoms with Crippen molar-refractivity contribution in [1.82, 2.24) is 0 Å². The van der Waals surface area contributed by atoms with E-state index < -0.39 is 0 Å². The van der Waals surface area contributed by atoms with Crippen molar-refractivity contribution in [1.29, 1.82) is 0 Å². The number of rotatable bonds is 5. The molecule has 2 aromatic heterocycles. The summed E-state index contributed by atoms with van der Waals surface area (Å²) in [5.74, 6) is 0. The molecule has 7 aromatic carbocycles. The molecule has 0 radical (unpaired) electrons. The molecule has 0 fully saturated rings. The van der Waals surface area contributed by atoms with Crippen LogP contribution in [0.15, 0.2) is 164 Å². The summed E-state index contributed by atoms with van der Waals surface area (Å²) in [6, 6.07) is 59.6. The number of hydrogen-bond acceptors (Lipinski definition) is 3. The number of hydrogen-bond donors (Lipinski definition) is 0. The average molecular weight is 610 g/mol. The quantitative estimate of drug-likeness (QED) is 0.188. The number of benzene rings is 7. The molecule has 0 atom stereocenters. The minimum atomic E-state index is 1.14. The third-order valence-electron chi connectivity index (χ3n) is 8.66. The maximum atomic E-state index is 2.50. The van der Waals surface area contributed by atoms with Gasteiger partial charge in [-0.2, -0.15) is 0 Å². The average Bonchev–Trinajstić information content (AvgIpc) is 3.69. The van der Waals surface area contributed by atoms with Gasteiger partial charge in [0.2, 0.25) is 0 Å². The molecule has 0 saturated carbocycles. The van der Waals surface area contributed by atoms with Crippen LogP contribution >= 0.6 is 22.7 Å². The van der Waals surface area contributed by atoms with Gasteiger partial charge in [0.15, 0.2) is 0 Å². The van der Waals surface area contributed by atoms with E-state index in [4.69, 9.17) is 0 Å². The SMILES string of the molecule is c1ccc(-c2cccc(N(c3ccc(-c4ccccc4)c4c3sc3ccccc34)c3cccc4sc5ccccc5c34)c2)cc1. The second kappa shape index (κ2) is 10.7. The molecule has 0 aliphatic rings. The fraction of sp³-hybridized carbons (Fsp3) is 0. The first-order chi connectivity index (χ1) is 22.3. The van der Waals surface area contributed by atoms with Gasteiger partial charge in [-0.25, -0.2) is 0 Å². The molecule has 3 heteroatoms. The van der Waals surface area contributed by atoms with Crippen molar-refractivity contribution in [2.45, 2.75) is 0 Å². The Morgan fingerprint density at radius 1 is 0.378 bits per heavy atom. The van der Waals surface area contributed by atoms with E-state index in [1.165, 1.54) is 74.0 Å². The van der Waals surface area contributed by atoms with Gasteiger partial charge in [0.25, 0.3) is 0 Å². The highest BCUT2D eigenvalue weighted by Crippen LogP contribution is 2.51. The minimum absolute atomic E-state index is 1.14. The molecule has 0 unspecified atom stereocenters. The third-order valence-corrected chi connectivity index (χ3v) is 11.0. The van der Waals surface area contributed by atoms with E-state index in [1.807, 2.05) is 22.7 Å². The zero-order valence-corrected chi connectivity index (χ0v) is 26.0. The van der Waals surface area contributed by atoms with Crippen molar-refractivity contribution in [2.24, 2.45) is 0 Å². The van der Waals surface area contributed by atoms with E-state index in [2.05, 4.69) is 169 Å². The fourth-order valence-corrected chi connectivity index (χ4v) is 9.01. The molecular formula is C42H27NS2. The first kappa shape index (κ1) is 26.2. The highest BCUT2D eigenvalue weighted by molar-refractivity contribution is 7.26. The molecule has 2 heterocycles. The first-order valence-electron chi connectivity index (χ1n) is 15.2. The summed E-state index contributed by atoms with van der Waals surface area (Å²) in [6.07, 6.45) is 0. The summed E-state index contributed by atoms with van der Waals surface area (Å²) in [5.41, 5.74) is 8.45. The lowest BCUT2D eigenvalue weighted by atomic mass is 9.98. The van der Waals surface area contributed by atoms with E-state index in [0.717, 1.165) is 5.69 Å². The van der Waals surface area contributed by atoms with Gasteiger partial charge in [0.1, 0.15) is 0 Å². The summed E-state index contributed by atoms with van der Waals surface area (Å²) in [5, 5.41) is 5.21. The summed E-state index contributed by atoms with van der Waals surface area (Å²) in [6.45, 7) is 0. The van der Waals surface area contributed by atoms with Crippen molar-refractivity contribution in [3.63, 3.8) is 0 Å². The molecule has 0 spiro atoms.